The van der Waals surface area contributed by atoms with Crippen LogP contribution in [0.15, 0.2) is 42.5 Å². The number of nitro benzene ring substituents is 1. The quantitative estimate of drug-likeness (QED) is 0.595. The molecule has 0 unspecified atom stereocenters. The third-order valence-electron chi connectivity index (χ3n) is 3.28. The fourth-order valence-corrected chi connectivity index (χ4v) is 2.19. The zero-order valence-corrected chi connectivity index (χ0v) is 12.6. The van der Waals surface area contributed by atoms with Crippen LogP contribution in [0.1, 0.15) is 11.1 Å². The van der Waals surface area contributed by atoms with Crippen LogP contribution in [-0.2, 0) is 6.54 Å². The number of halogens is 2. The van der Waals surface area contributed by atoms with Gasteiger partial charge in [0.15, 0.2) is 0 Å². The molecule has 2 rings (SSSR count). The number of rotatable bonds is 6. The Morgan fingerprint density at radius 3 is 2.50 bits per heavy atom. The Morgan fingerprint density at radius 2 is 1.96 bits per heavy atom. The third kappa shape index (κ3) is 4.16. The van der Waals surface area contributed by atoms with Crippen molar-refractivity contribution in [3.63, 3.8) is 0 Å². The smallest absolute Gasteiger partial charge is 0.387 e. The molecule has 24 heavy (non-hydrogen) atoms. The van der Waals surface area contributed by atoms with Crippen molar-refractivity contribution in [3.05, 3.63) is 63.7 Å². The van der Waals surface area contributed by atoms with Crippen molar-refractivity contribution in [2.45, 2.75) is 13.2 Å². The third-order valence-corrected chi connectivity index (χ3v) is 3.28. The van der Waals surface area contributed by atoms with Crippen LogP contribution in [0.3, 0.4) is 0 Å². The van der Waals surface area contributed by atoms with Crippen LogP contribution in [0.4, 0.5) is 20.2 Å². The van der Waals surface area contributed by atoms with Gasteiger partial charge in [-0.25, -0.2) is 0 Å². The lowest BCUT2D eigenvalue weighted by molar-refractivity contribution is -0.384. The van der Waals surface area contributed by atoms with Crippen LogP contribution in [0.5, 0.6) is 5.75 Å². The lowest BCUT2D eigenvalue weighted by Crippen LogP contribution is -2.18. The fourth-order valence-electron chi connectivity index (χ4n) is 2.19. The molecule has 0 aliphatic rings. The van der Waals surface area contributed by atoms with Gasteiger partial charge in [0, 0.05) is 19.7 Å². The van der Waals surface area contributed by atoms with Crippen LogP contribution < -0.4 is 9.64 Å². The van der Waals surface area contributed by atoms with Crippen molar-refractivity contribution in [1.82, 2.24) is 0 Å². The summed E-state index contributed by atoms with van der Waals surface area (Å²) in [6, 6.07) is 12.0. The maximum absolute atomic E-state index is 12.1. The Kier molecular flexibility index (Phi) is 5.27. The van der Waals surface area contributed by atoms with E-state index in [1.54, 1.807) is 24.1 Å². The molecule has 124 valence electrons. The Balaban J connectivity index is 2.21. The van der Waals surface area contributed by atoms with Crippen LogP contribution >= 0.6 is 0 Å². The molecule has 0 fully saturated rings. The molecule has 0 radical (unpaired) electrons. The minimum atomic E-state index is -2.89. The van der Waals surface area contributed by atoms with Gasteiger partial charge in [-0.15, -0.1) is 0 Å². The largest absolute Gasteiger partial charge is 0.435 e. The molecule has 8 heteroatoms. The second-order valence-corrected chi connectivity index (χ2v) is 4.95. The molecule has 0 heterocycles. The van der Waals surface area contributed by atoms with Gasteiger partial charge in [0.25, 0.3) is 5.69 Å². The number of nitro groups is 1. The topological polar surface area (TPSA) is 79.4 Å². The van der Waals surface area contributed by atoms with Crippen molar-refractivity contribution in [1.29, 1.82) is 5.26 Å². The van der Waals surface area contributed by atoms with E-state index >= 15 is 0 Å². The average Bonchev–Trinajstić information content (AvgIpc) is 2.55. The van der Waals surface area contributed by atoms with E-state index in [0.29, 0.717) is 17.8 Å². The predicted molar refractivity (Wildman–Crippen MR) is 83.0 cm³/mol. The number of benzene rings is 2. The Labute approximate surface area is 136 Å². The highest BCUT2D eigenvalue weighted by Gasteiger charge is 2.18. The van der Waals surface area contributed by atoms with Crippen LogP contribution in [0.2, 0.25) is 0 Å². The minimum absolute atomic E-state index is 0.0360. The van der Waals surface area contributed by atoms with E-state index in [1.807, 2.05) is 6.07 Å². The monoisotopic (exact) mass is 333 g/mol. The van der Waals surface area contributed by atoms with Gasteiger partial charge in [0.2, 0.25) is 0 Å². The van der Waals surface area contributed by atoms with Gasteiger partial charge >= 0.3 is 6.61 Å². The normalized spacial score (nSPS) is 10.3. The molecular weight excluding hydrogens is 320 g/mol. The lowest BCUT2D eigenvalue weighted by atomic mass is 10.1. The number of nitriles is 1. The van der Waals surface area contributed by atoms with Gasteiger partial charge in [-0.2, -0.15) is 14.0 Å². The molecule has 0 aliphatic heterocycles. The Bertz CT molecular complexity index is 773. The predicted octanol–water partition coefficient (Wildman–Crippen LogP) is 3.70. The van der Waals surface area contributed by atoms with Crippen molar-refractivity contribution >= 4 is 11.4 Å². The molecule has 0 saturated heterocycles. The average molecular weight is 333 g/mol. The molecule has 2 aromatic rings. The Morgan fingerprint density at radius 1 is 1.29 bits per heavy atom. The summed E-state index contributed by atoms with van der Waals surface area (Å²) < 4.78 is 28.5. The summed E-state index contributed by atoms with van der Waals surface area (Å²) in [5, 5.41) is 20.1. The van der Waals surface area contributed by atoms with Crippen LogP contribution in [0.25, 0.3) is 0 Å². The number of hydrogen-bond acceptors (Lipinski definition) is 5. The number of ether oxygens (including phenoxy) is 1. The molecule has 0 amide bonds. The highest BCUT2D eigenvalue weighted by atomic mass is 19.3. The van der Waals surface area contributed by atoms with E-state index in [1.165, 1.54) is 30.3 Å². The number of hydrogen-bond donors (Lipinski definition) is 0. The van der Waals surface area contributed by atoms with E-state index in [9.17, 15) is 18.9 Å². The van der Waals surface area contributed by atoms with Crippen LogP contribution in [-0.4, -0.2) is 18.6 Å². The second kappa shape index (κ2) is 7.37. The molecule has 0 atom stereocenters. The SMILES string of the molecule is CN(Cc1ccc(OC(F)F)cc1)c1cc(C#N)ccc1[N+](=O)[O-]. The summed E-state index contributed by atoms with van der Waals surface area (Å²) in [5.41, 5.74) is 1.24. The fraction of sp³-hybridized carbons (Fsp3) is 0.188. The first-order valence-corrected chi connectivity index (χ1v) is 6.84. The van der Waals surface area contributed by atoms with Gasteiger partial charge < -0.3 is 9.64 Å². The van der Waals surface area contributed by atoms with Crippen LogP contribution in [0, 0.1) is 21.4 Å². The van der Waals surface area contributed by atoms with E-state index in [-0.39, 0.29) is 11.4 Å². The van der Waals surface area contributed by atoms with Gasteiger partial charge in [0.05, 0.1) is 16.6 Å². The number of alkyl halides is 2. The lowest BCUT2D eigenvalue weighted by Gasteiger charge is -2.19. The summed E-state index contributed by atoms with van der Waals surface area (Å²) in [6.45, 7) is -2.60. The zero-order valence-electron chi connectivity index (χ0n) is 12.6. The van der Waals surface area contributed by atoms with Crippen molar-refractivity contribution in [2.75, 3.05) is 11.9 Å². The van der Waals surface area contributed by atoms with Crippen molar-refractivity contribution in [2.24, 2.45) is 0 Å². The summed E-state index contributed by atoms with van der Waals surface area (Å²) >= 11 is 0. The molecule has 0 saturated carbocycles. The standard InChI is InChI=1S/C16H13F2N3O3/c1-20(10-11-2-5-13(6-3-11)24-16(17)18)15-8-12(9-19)4-7-14(15)21(22)23/h2-8,16H,10H2,1H3. The maximum Gasteiger partial charge on any atom is 0.387 e. The molecule has 2 aromatic carbocycles. The first-order chi connectivity index (χ1) is 11.4. The molecule has 0 aromatic heterocycles. The van der Waals surface area contributed by atoms with Gasteiger partial charge in [-0.05, 0) is 29.8 Å². The van der Waals surface area contributed by atoms with E-state index in [0.717, 1.165) is 5.56 Å². The van der Waals surface area contributed by atoms with E-state index in [4.69, 9.17) is 5.26 Å². The molecule has 0 spiro atoms. The Hall–Kier alpha value is -3.21. The second-order valence-electron chi connectivity index (χ2n) is 4.95. The summed E-state index contributed by atoms with van der Waals surface area (Å²) in [7, 11) is 1.65. The molecule has 0 bridgehead atoms. The van der Waals surface area contributed by atoms with Gasteiger partial charge in [0.1, 0.15) is 11.4 Å². The van der Waals surface area contributed by atoms with Crippen molar-refractivity contribution < 1.29 is 18.4 Å². The minimum Gasteiger partial charge on any atom is -0.435 e. The zero-order chi connectivity index (χ0) is 17.7. The van der Waals surface area contributed by atoms with Gasteiger partial charge in [-0.1, -0.05) is 12.1 Å². The molecule has 0 aliphatic carbocycles. The van der Waals surface area contributed by atoms with E-state index < -0.39 is 11.5 Å². The highest BCUT2D eigenvalue weighted by Crippen LogP contribution is 2.29. The van der Waals surface area contributed by atoms with Gasteiger partial charge in [-0.3, -0.25) is 10.1 Å². The molecular formula is C16H13F2N3O3. The van der Waals surface area contributed by atoms with Crippen molar-refractivity contribution in [3.8, 4) is 11.8 Å². The number of nitrogens with zero attached hydrogens (tertiary/aromatic N) is 3. The summed E-state index contributed by atoms with van der Waals surface area (Å²) in [4.78, 5) is 12.2. The molecule has 0 N–H and O–H groups in total. The first-order valence-electron chi connectivity index (χ1n) is 6.84. The number of anilines is 1. The highest BCUT2D eigenvalue weighted by molar-refractivity contribution is 5.65. The maximum atomic E-state index is 12.1. The van der Waals surface area contributed by atoms with E-state index in [2.05, 4.69) is 4.74 Å². The summed E-state index contributed by atoms with van der Waals surface area (Å²) in [6.07, 6.45) is 0. The first kappa shape index (κ1) is 17.1. The molecule has 6 nitrogen and oxygen atoms in total. The summed E-state index contributed by atoms with van der Waals surface area (Å²) in [5.74, 6) is 0.0360.